The lowest BCUT2D eigenvalue weighted by molar-refractivity contribution is 0.623. The van der Waals surface area contributed by atoms with Gasteiger partial charge in [-0.15, -0.1) is 0 Å². The number of hydrogen-bond acceptors (Lipinski definition) is 2. The van der Waals surface area contributed by atoms with Crippen LogP contribution in [0.4, 0.5) is 4.39 Å². The van der Waals surface area contributed by atoms with E-state index in [9.17, 15) is 9.18 Å². The summed E-state index contributed by atoms with van der Waals surface area (Å²) in [7, 11) is 1.80. The molecule has 0 bridgehead atoms. The number of aromatic nitrogens is 2. The van der Waals surface area contributed by atoms with Crippen molar-refractivity contribution in [1.29, 1.82) is 0 Å². The third-order valence-electron chi connectivity index (χ3n) is 3.44. The Morgan fingerprint density at radius 1 is 1.14 bits per heavy atom. The molecule has 1 heterocycles. The molecule has 108 valence electrons. The summed E-state index contributed by atoms with van der Waals surface area (Å²) >= 11 is 6.13. The Morgan fingerprint density at radius 3 is 2.62 bits per heavy atom. The minimum absolute atomic E-state index is 0.194. The minimum atomic E-state index is -0.371. The first kappa shape index (κ1) is 13.9. The zero-order valence-electron chi connectivity index (χ0n) is 11.2. The highest BCUT2D eigenvalue weighted by Gasteiger charge is 2.16. The van der Waals surface area contributed by atoms with E-state index < -0.39 is 0 Å². The van der Waals surface area contributed by atoms with Crippen LogP contribution in [-0.2, 0) is 0 Å². The average Bonchev–Trinajstić information content (AvgIpc) is 2.81. The van der Waals surface area contributed by atoms with Crippen LogP contribution in [-0.4, -0.2) is 17.0 Å². The molecule has 0 aliphatic heterocycles. The minimum Gasteiger partial charge on any atom is -0.309 e. The molecular weight excluding hydrogens is 293 g/mol. The lowest BCUT2D eigenvalue weighted by Crippen LogP contribution is -2.18. The van der Waals surface area contributed by atoms with Crippen molar-refractivity contribution in [3.8, 4) is 0 Å². The van der Waals surface area contributed by atoms with E-state index in [0.717, 1.165) is 22.2 Å². The average molecular weight is 306 g/mol. The van der Waals surface area contributed by atoms with Crippen molar-refractivity contribution in [2.75, 3.05) is 7.05 Å². The van der Waals surface area contributed by atoms with Crippen molar-refractivity contribution in [2.45, 2.75) is 6.04 Å². The van der Waals surface area contributed by atoms with E-state index in [2.05, 4.69) is 15.3 Å². The van der Waals surface area contributed by atoms with E-state index in [4.69, 9.17) is 11.6 Å². The quantitative estimate of drug-likeness (QED) is 0.697. The largest absolute Gasteiger partial charge is 0.323 e. The Bertz CT molecular complexity index is 855. The van der Waals surface area contributed by atoms with Gasteiger partial charge in [0, 0.05) is 5.02 Å². The van der Waals surface area contributed by atoms with Crippen molar-refractivity contribution in [3.63, 3.8) is 0 Å². The molecule has 0 saturated heterocycles. The van der Waals surface area contributed by atoms with Gasteiger partial charge in [-0.2, -0.15) is 0 Å². The van der Waals surface area contributed by atoms with Crippen molar-refractivity contribution in [2.24, 2.45) is 0 Å². The Hall–Kier alpha value is -2.11. The van der Waals surface area contributed by atoms with E-state index in [0.29, 0.717) is 5.02 Å². The standard InChI is InChI=1S/C15H13ClFN3O/c1-18-14(10-4-3-9(17)7-11(10)16)8-2-5-12-13(6-8)20-15(21)19-12/h2-7,14,18H,1H3,(H2,19,20,21). The van der Waals surface area contributed by atoms with Gasteiger partial charge in [0.2, 0.25) is 0 Å². The van der Waals surface area contributed by atoms with E-state index in [-0.39, 0.29) is 17.5 Å². The van der Waals surface area contributed by atoms with Crippen molar-refractivity contribution in [3.05, 3.63) is 68.8 Å². The summed E-state index contributed by atoms with van der Waals surface area (Å²) in [4.78, 5) is 16.7. The smallest absolute Gasteiger partial charge is 0.309 e. The van der Waals surface area contributed by atoms with Gasteiger partial charge in [0.25, 0.3) is 0 Å². The molecular formula is C15H13ClFN3O. The van der Waals surface area contributed by atoms with Crippen LogP contribution in [0.3, 0.4) is 0 Å². The van der Waals surface area contributed by atoms with Crippen LogP contribution >= 0.6 is 11.6 Å². The van der Waals surface area contributed by atoms with Crippen LogP contribution in [0, 0.1) is 5.82 Å². The summed E-state index contributed by atoms with van der Waals surface area (Å²) in [6.45, 7) is 0. The Morgan fingerprint density at radius 2 is 1.90 bits per heavy atom. The van der Waals surface area contributed by atoms with E-state index in [1.807, 2.05) is 18.2 Å². The highest BCUT2D eigenvalue weighted by molar-refractivity contribution is 6.31. The van der Waals surface area contributed by atoms with Crippen LogP contribution in [0.5, 0.6) is 0 Å². The first-order valence-corrected chi connectivity index (χ1v) is 6.80. The second kappa shape index (κ2) is 5.35. The maximum Gasteiger partial charge on any atom is 0.323 e. The van der Waals surface area contributed by atoms with Crippen LogP contribution < -0.4 is 11.0 Å². The summed E-state index contributed by atoms with van der Waals surface area (Å²) in [6, 6.07) is 9.72. The molecule has 3 N–H and O–H groups in total. The van der Waals surface area contributed by atoms with E-state index >= 15 is 0 Å². The molecule has 2 aromatic carbocycles. The predicted molar refractivity (Wildman–Crippen MR) is 81.2 cm³/mol. The Balaban J connectivity index is 2.10. The van der Waals surface area contributed by atoms with Crippen molar-refractivity contribution < 1.29 is 4.39 Å². The molecule has 6 heteroatoms. The van der Waals surface area contributed by atoms with Crippen LogP contribution in [0.1, 0.15) is 17.2 Å². The van der Waals surface area contributed by atoms with Gasteiger partial charge < -0.3 is 15.3 Å². The molecule has 0 spiro atoms. The number of imidazole rings is 1. The number of aromatic amines is 2. The number of benzene rings is 2. The molecule has 0 amide bonds. The van der Waals surface area contributed by atoms with Gasteiger partial charge in [-0.25, -0.2) is 9.18 Å². The maximum absolute atomic E-state index is 13.2. The maximum atomic E-state index is 13.2. The van der Waals surface area contributed by atoms with Crippen LogP contribution in [0.15, 0.2) is 41.2 Å². The number of halogens is 2. The van der Waals surface area contributed by atoms with Gasteiger partial charge in [0.1, 0.15) is 5.82 Å². The molecule has 3 aromatic rings. The van der Waals surface area contributed by atoms with E-state index in [1.165, 1.54) is 12.1 Å². The molecule has 3 rings (SSSR count). The summed E-state index contributed by atoms with van der Waals surface area (Å²) in [5.41, 5.74) is 2.91. The SMILES string of the molecule is CNC(c1ccc2[nH]c(=O)[nH]c2c1)c1ccc(F)cc1Cl. The third-order valence-corrected chi connectivity index (χ3v) is 3.76. The van der Waals surface area contributed by atoms with Crippen molar-refractivity contribution >= 4 is 22.6 Å². The number of fused-ring (bicyclic) bond motifs is 1. The highest BCUT2D eigenvalue weighted by Crippen LogP contribution is 2.29. The number of hydrogen-bond donors (Lipinski definition) is 3. The highest BCUT2D eigenvalue weighted by atomic mass is 35.5. The Labute approximate surface area is 125 Å². The van der Waals surface area contributed by atoms with E-state index in [1.54, 1.807) is 13.1 Å². The number of nitrogens with one attached hydrogen (secondary N) is 3. The predicted octanol–water partition coefficient (Wildman–Crippen LogP) is 2.96. The fourth-order valence-electron chi connectivity index (χ4n) is 2.47. The Kier molecular flexibility index (Phi) is 3.53. The molecule has 4 nitrogen and oxygen atoms in total. The monoisotopic (exact) mass is 305 g/mol. The first-order valence-electron chi connectivity index (χ1n) is 6.42. The van der Waals surface area contributed by atoms with Gasteiger partial charge in [0.05, 0.1) is 17.1 Å². The van der Waals surface area contributed by atoms with Gasteiger partial charge in [-0.1, -0.05) is 23.7 Å². The fraction of sp³-hybridized carbons (Fsp3) is 0.133. The fourth-order valence-corrected chi connectivity index (χ4v) is 2.74. The molecule has 0 fully saturated rings. The molecule has 1 atom stereocenters. The van der Waals surface area contributed by atoms with Gasteiger partial charge in [-0.3, -0.25) is 0 Å². The van der Waals surface area contributed by atoms with Gasteiger partial charge >= 0.3 is 5.69 Å². The molecule has 0 saturated carbocycles. The molecule has 1 aromatic heterocycles. The molecule has 1 unspecified atom stereocenters. The lowest BCUT2D eigenvalue weighted by atomic mass is 9.98. The summed E-state index contributed by atoms with van der Waals surface area (Å²) < 4.78 is 13.2. The zero-order valence-corrected chi connectivity index (χ0v) is 12.0. The second-order valence-electron chi connectivity index (χ2n) is 4.77. The summed E-state index contributed by atoms with van der Waals surface area (Å²) in [6.07, 6.45) is 0. The lowest BCUT2D eigenvalue weighted by Gasteiger charge is -2.18. The molecule has 21 heavy (non-hydrogen) atoms. The molecule has 0 aliphatic carbocycles. The normalized spacial score (nSPS) is 12.7. The zero-order chi connectivity index (χ0) is 15.0. The molecule has 0 aliphatic rings. The van der Waals surface area contributed by atoms with Gasteiger partial charge in [-0.05, 0) is 42.4 Å². The molecule has 0 radical (unpaired) electrons. The van der Waals surface area contributed by atoms with Crippen LogP contribution in [0.2, 0.25) is 5.02 Å². The first-order chi connectivity index (χ1) is 10.1. The van der Waals surface area contributed by atoms with Crippen LogP contribution in [0.25, 0.3) is 11.0 Å². The number of H-pyrrole nitrogens is 2. The topological polar surface area (TPSA) is 60.7 Å². The van der Waals surface area contributed by atoms with Gasteiger partial charge in [0.15, 0.2) is 0 Å². The third kappa shape index (κ3) is 2.57. The van der Waals surface area contributed by atoms with Crippen molar-refractivity contribution in [1.82, 2.24) is 15.3 Å². The summed E-state index contributed by atoms with van der Waals surface area (Å²) in [5.74, 6) is -0.371. The summed E-state index contributed by atoms with van der Waals surface area (Å²) in [5, 5.41) is 3.52. The number of rotatable bonds is 3. The second-order valence-corrected chi connectivity index (χ2v) is 5.18.